The molecule has 30 heavy (non-hydrogen) atoms. The first-order valence-corrected chi connectivity index (χ1v) is 11.4. The maximum atomic E-state index is 13.5. The van der Waals surface area contributed by atoms with Crippen molar-refractivity contribution in [3.05, 3.63) is 0 Å². The summed E-state index contributed by atoms with van der Waals surface area (Å²) in [6.45, 7) is 4.97. The van der Waals surface area contributed by atoms with Gasteiger partial charge in [0.2, 0.25) is 5.91 Å². The summed E-state index contributed by atoms with van der Waals surface area (Å²) >= 11 is 0. The number of piperidine rings is 1. The van der Waals surface area contributed by atoms with Crippen molar-refractivity contribution in [1.29, 1.82) is 0 Å². The van der Waals surface area contributed by atoms with Crippen molar-refractivity contribution in [3.8, 4) is 0 Å². The lowest BCUT2D eigenvalue weighted by Gasteiger charge is -2.35. The van der Waals surface area contributed by atoms with Crippen molar-refractivity contribution in [3.63, 3.8) is 0 Å². The summed E-state index contributed by atoms with van der Waals surface area (Å²) in [5.41, 5.74) is -0.917. The van der Waals surface area contributed by atoms with Gasteiger partial charge in [-0.1, -0.05) is 25.7 Å². The Morgan fingerprint density at radius 1 is 1.13 bits per heavy atom. The Morgan fingerprint density at radius 3 is 2.30 bits per heavy atom. The van der Waals surface area contributed by atoms with Gasteiger partial charge in [0.1, 0.15) is 5.54 Å². The van der Waals surface area contributed by atoms with E-state index in [1.165, 1.54) is 22.6 Å². The van der Waals surface area contributed by atoms with Crippen LogP contribution in [0.1, 0.15) is 65.2 Å². The van der Waals surface area contributed by atoms with E-state index in [9.17, 15) is 19.6 Å². The number of imide groups is 1. The van der Waals surface area contributed by atoms with Crippen molar-refractivity contribution >= 4 is 17.8 Å². The van der Waals surface area contributed by atoms with Crippen LogP contribution in [0.15, 0.2) is 0 Å². The van der Waals surface area contributed by atoms with E-state index >= 15 is 0 Å². The number of urea groups is 1. The molecule has 0 aromatic carbocycles. The minimum Gasteiger partial charge on any atom is -0.342 e. The lowest BCUT2D eigenvalue weighted by atomic mass is 9.82. The maximum absolute atomic E-state index is 13.5. The molecule has 0 aromatic heterocycles. The highest BCUT2D eigenvalue weighted by Gasteiger charge is 2.50. The summed E-state index contributed by atoms with van der Waals surface area (Å²) in [7, 11) is 1.62. The van der Waals surface area contributed by atoms with Gasteiger partial charge < -0.3 is 9.80 Å². The van der Waals surface area contributed by atoms with E-state index in [-0.39, 0.29) is 36.9 Å². The van der Waals surface area contributed by atoms with Gasteiger partial charge in [0.15, 0.2) is 0 Å². The van der Waals surface area contributed by atoms with E-state index in [0.29, 0.717) is 5.92 Å². The Balaban J connectivity index is 1.82. The van der Waals surface area contributed by atoms with Crippen molar-refractivity contribution < 1.29 is 24.5 Å². The second kappa shape index (κ2) is 9.64. The first-order valence-electron chi connectivity index (χ1n) is 11.4. The van der Waals surface area contributed by atoms with Gasteiger partial charge in [0.05, 0.1) is 6.61 Å². The van der Waals surface area contributed by atoms with Gasteiger partial charge in [-0.2, -0.15) is 0 Å². The summed E-state index contributed by atoms with van der Waals surface area (Å²) in [5, 5.41) is 9.28. The molecule has 3 fully saturated rings. The molecule has 1 saturated carbocycles. The van der Waals surface area contributed by atoms with Crippen LogP contribution in [-0.2, 0) is 14.5 Å². The van der Waals surface area contributed by atoms with E-state index in [2.05, 4.69) is 4.89 Å². The summed E-state index contributed by atoms with van der Waals surface area (Å²) in [5.74, 6) is -0.527. The number of nitrogens with zero attached hydrogens (tertiary/aromatic N) is 3. The summed E-state index contributed by atoms with van der Waals surface area (Å²) in [6, 6.07) is -0.363. The van der Waals surface area contributed by atoms with Crippen molar-refractivity contribution in [2.75, 3.05) is 33.3 Å². The minimum atomic E-state index is -0.917. The number of hydrogen-bond donors (Lipinski definition) is 1. The van der Waals surface area contributed by atoms with Crippen LogP contribution in [0.3, 0.4) is 0 Å². The summed E-state index contributed by atoms with van der Waals surface area (Å²) < 4.78 is 0. The molecule has 4 amide bonds. The van der Waals surface area contributed by atoms with Crippen LogP contribution in [0, 0.1) is 17.8 Å². The first-order chi connectivity index (χ1) is 14.3. The molecule has 2 saturated heterocycles. The largest absolute Gasteiger partial charge is 0.342 e. The topological polar surface area (TPSA) is 90.4 Å². The molecule has 2 heterocycles. The van der Waals surface area contributed by atoms with Crippen molar-refractivity contribution in [2.24, 2.45) is 17.8 Å². The fourth-order valence-corrected chi connectivity index (χ4v) is 5.22. The third kappa shape index (κ3) is 4.64. The Labute approximate surface area is 179 Å². The van der Waals surface area contributed by atoms with E-state index in [4.69, 9.17) is 0 Å². The van der Waals surface area contributed by atoms with E-state index < -0.39 is 11.5 Å². The average molecular weight is 424 g/mol. The van der Waals surface area contributed by atoms with Crippen molar-refractivity contribution in [2.45, 2.75) is 70.8 Å². The molecule has 2 aliphatic heterocycles. The van der Waals surface area contributed by atoms with Crippen LogP contribution in [0.25, 0.3) is 0 Å². The van der Waals surface area contributed by atoms with Crippen molar-refractivity contribution in [1.82, 2.24) is 14.7 Å². The number of rotatable bonds is 8. The monoisotopic (exact) mass is 423 g/mol. The van der Waals surface area contributed by atoms with Crippen LogP contribution in [-0.4, -0.2) is 76.6 Å². The van der Waals surface area contributed by atoms with Crippen LogP contribution in [0.5, 0.6) is 0 Å². The van der Waals surface area contributed by atoms with E-state index in [1.54, 1.807) is 20.9 Å². The molecule has 2 atom stereocenters. The van der Waals surface area contributed by atoms with Gasteiger partial charge >= 0.3 is 6.03 Å². The summed E-state index contributed by atoms with van der Waals surface area (Å²) in [6.07, 6.45) is 8.44. The standard InChI is InChI=1S/C22H37N3O5/c1-22(2)20(27)25(21(28)23(22)3)14-17(15-30-29)18(13-16-9-5-6-10-16)19(26)24-11-7-4-8-12-24/h16-18,29H,4-15H2,1-3H3. The number of carbonyl (C=O) groups is 3. The molecule has 0 bridgehead atoms. The molecule has 8 nitrogen and oxygen atoms in total. The van der Waals surface area contributed by atoms with Gasteiger partial charge in [0, 0.05) is 38.5 Å². The Hall–Kier alpha value is -1.67. The molecular weight excluding hydrogens is 386 g/mol. The molecule has 2 unspecified atom stereocenters. The fraction of sp³-hybridized carbons (Fsp3) is 0.864. The third-order valence-corrected chi connectivity index (χ3v) is 7.45. The molecule has 0 radical (unpaired) electrons. The third-order valence-electron chi connectivity index (χ3n) is 7.45. The molecule has 3 rings (SSSR count). The van der Waals surface area contributed by atoms with E-state index in [0.717, 1.165) is 51.6 Å². The SMILES string of the molecule is CN1C(=O)N(CC(COO)C(CC2CCCC2)C(=O)N2CCCCC2)C(=O)C1(C)C. The van der Waals surface area contributed by atoms with Gasteiger partial charge in [-0.25, -0.2) is 9.68 Å². The number of carbonyl (C=O) groups excluding carboxylic acids is 3. The Kier molecular flexibility index (Phi) is 7.39. The Morgan fingerprint density at radius 2 is 1.77 bits per heavy atom. The highest BCUT2D eigenvalue weighted by atomic mass is 17.1. The molecule has 1 N–H and O–H groups in total. The molecule has 170 valence electrons. The highest BCUT2D eigenvalue weighted by molar-refractivity contribution is 6.06. The number of likely N-dealkylation sites (tertiary alicyclic amines) is 1. The maximum Gasteiger partial charge on any atom is 0.327 e. The summed E-state index contributed by atoms with van der Waals surface area (Å²) in [4.78, 5) is 48.3. The quantitative estimate of drug-likeness (QED) is 0.368. The molecule has 3 aliphatic rings. The number of amides is 4. The Bertz CT molecular complexity index is 641. The predicted octanol–water partition coefficient (Wildman–Crippen LogP) is 2.97. The predicted molar refractivity (Wildman–Crippen MR) is 112 cm³/mol. The second-order valence-electron chi connectivity index (χ2n) is 9.75. The zero-order valence-electron chi connectivity index (χ0n) is 18.6. The first kappa shape index (κ1) is 23.0. The van der Waals surface area contributed by atoms with E-state index in [1.807, 2.05) is 4.90 Å². The average Bonchev–Trinajstić information content (AvgIpc) is 3.31. The number of hydrogen-bond acceptors (Lipinski definition) is 5. The molecule has 1 aliphatic carbocycles. The molecular formula is C22H37N3O5. The van der Waals surface area contributed by atoms with Crippen LogP contribution >= 0.6 is 0 Å². The van der Waals surface area contributed by atoms with Gasteiger partial charge in [-0.05, 0) is 45.4 Å². The normalized spacial score (nSPS) is 24.6. The van der Waals surface area contributed by atoms with Crippen LogP contribution in [0.4, 0.5) is 4.79 Å². The lowest BCUT2D eigenvalue weighted by Crippen LogP contribution is -2.47. The van der Waals surface area contributed by atoms with Crippen LogP contribution in [0.2, 0.25) is 0 Å². The number of likely N-dealkylation sites (N-methyl/N-ethyl adjacent to an activating group) is 1. The van der Waals surface area contributed by atoms with Gasteiger partial charge in [0.25, 0.3) is 5.91 Å². The molecule has 0 aromatic rings. The molecule has 8 heteroatoms. The van der Waals surface area contributed by atoms with Gasteiger partial charge in [-0.15, -0.1) is 0 Å². The lowest BCUT2D eigenvalue weighted by molar-refractivity contribution is -0.254. The zero-order chi connectivity index (χ0) is 21.9. The second-order valence-corrected chi connectivity index (χ2v) is 9.75. The molecule has 0 spiro atoms. The zero-order valence-corrected chi connectivity index (χ0v) is 18.6. The fourth-order valence-electron chi connectivity index (χ4n) is 5.22. The smallest absolute Gasteiger partial charge is 0.327 e. The highest BCUT2D eigenvalue weighted by Crippen LogP contribution is 2.36. The minimum absolute atomic E-state index is 0.0713. The van der Waals surface area contributed by atoms with Gasteiger partial charge in [-0.3, -0.25) is 19.7 Å². The van der Waals surface area contributed by atoms with Crippen LogP contribution < -0.4 is 0 Å².